The zero-order valence-electron chi connectivity index (χ0n) is 20.5. The van der Waals surface area contributed by atoms with Gasteiger partial charge in [-0.3, -0.25) is 0 Å². The Bertz CT molecular complexity index is 1210. The number of esters is 1. The van der Waals surface area contributed by atoms with E-state index < -0.39 is 5.97 Å². The van der Waals surface area contributed by atoms with Gasteiger partial charge in [-0.2, -0.15) is 0 Å². The molecule has 0 bridgehead atoms. The van der Waals surface area contributed by atoms with Gasteiger partial charge in [0.05, 0.1) is 0 Å². The minimum absolute atomic E-state index is 0.0561. The lowest BCUT2D eigenvalue weighted by Gasteiger charge is -2.30. The van der Waals surface area contributed by atoms with Crippen LogP contribution in [-0.4, -0.2) is 22.8 Å². The summed E-state index contributed by atoms with van der Waals surface area (Å²) in [5.74, 6) is -0.956. The molecule has 0 unspecified atom stereocenters. The van der Waals surface area contributed by atoms with E-state index in [-0.39, 0.29) is 29.1 Å². The first-order valence-corrected chi connectivity index (χ1v) is 11.7. The Morgan fingerprint density at radius 3 is 2.56 bits per heavy atom. The van der Waals surface area contributed by atoms with E-state index in [1.54, 1.807) is 30.3 Å². The average molecular weight is 459 g/mol. The zero-order valence-corrected chi connectivity index (χ0v) is 20.5. The molecule has 0 aliphatic heterocycles. The number of ether oxygens (including phenoxy) is 1. The number of rotatable bonds is 7. The predicted octanol–water partition coefficient (Wildman–Crippen LogP) is 7.55. The maximum atomic E-state index is 12.4. The quantitative estimate of drug-likeness (QED) is 0.255. The smallest absolute Gasteiger partial charge is 0.342 e. The Hall–Kier alpha value is -3.53. The lowest BCUT2D eigenvalue weighted by atomic mass is 9.75. The molecule has 178 valence electrons. The summed E-state index contributed by atoms with van der Waals surface area (Å²) in [6.07, 6.45) is 18.1. The second kappa shape index (κ2) is 11.1. The normalized spacial score (nSPS) is 16.9. The van der Waals surface area contributed by atoms with Gasteiger partial charge in [0, 0.05) is 10.8 Å². The molecule has 0 atom stereocenters. The van der Waals surface area contributed by atoms with Crippen molar-refractivity contribution in [2.24, 2.45) is 5.41 Å². The Morgan fingerprint density at radius 1 is 1.09 bits per heavy atom. The first-order chi connectivity index (χ1) is 16.2. The van der Waals surface area contributed by atoms with Crippen LogP contribution in [0.25, 0.3) is 10.8 Å². The van der Waals surface area contributed by atoms with Crippen molar-refractivity contribution < 1.29 is 19.7 Å². The van der Waals surface area contributed by atoms with Crippen LogP contribution < -0.4 is 0 Å². The summed E-state index contributed by atoms with van der Waals surface area (Å²) in [7, 11) is 0. The first kappa shape index (κ1) is 25.1. The highest BCUT2D eigenvalue weighted by Crippen LogP contribution is 2.37. The molecule has 0 saturated carbocycles. The van der Waals surface area contributed by atoms with Crippen molar-refractivity contribution in [2.45, 2.75) is 47.0 Å². The Morgan fingerprint density at radius 2 is 1.82 bits per heavy atom. The molecule has 0 fully saturated rings. The van der Waals surface area contributed by atoms with E-state index in [1.807, 2.05) is 25.2 Å². The van der Waals surface area contributed by atoms with Crippen molar-refractivity contribution in [3.05, 3.63) is 95.1 Å². The average Bonchev–Trinajstić information content (AvgIpc) is 2.80. The summed E-state index contributed by atoms with van der Waals surface area (Å²) >= 11 is 0. The van der Waals surface area contributed by atoms with Crippen LogP contribution in [0.1, 0.15) is 57.3 Å². The number of fused-ring (bicyclic) bond motifs is 1. The van der Waals surface area contributed by atoms with E-state index in [0.717, 1.165) is 17.6 Å². The molecule has 0 saturated heterocycles. The summed E-state index contributed by atoms with van der Waals surface area (Å²) in [4.78, 5) is 12.4. The highest BCUT2D eigenvalue weighted by Gasteiger charge is 2.23. The van der Waals surface area contributed by atoms with E-state index >= 15 is 0 Å². The van der Waals surface area contributed by atoms with Crippen molar-refractivity contribution in [3.63, 3.8) is 0 Å². The molecule has 2 aromatic rings. The minimum atomic E-state index is -0.688. The van der Waals surface area contributed by atoms with Gasteiger partial charge in [0.15, 0.2) is 0 Å². The molecule has 2 N–H and O–H groups in total. The number of hydrogen-bond donors (Lipinski definition) is 2. The van der Waals surface area contributed by atoms with Crippen molar-refractivity contribution in [1.29, 1.82) is 0 Å². The van der Waals surface area contributed by atoms with Gasteiger partial charge in [0.2, 0.25) is 0 Å². The van der Waals surface area contributed by atoms with Crippen molar-refractivity contribution in [2.75, 3.05) is 6.61 Å². The number of carbonyl (C=O) groups is 1. The van der Waals surface area contributed by atoms with Crippen LogP contribution in [0.5, 0.6) is 11.5 Å². The van der Waals surface area contributed by atoms with Crippen LogP contribution in [0.3, 0.4) is 0 Å². The molecule has 4 heteroatoms. The van der Waals surface area contributed by atoms with E-state index in [2.05, 4.69) is 39.0 Å². The van der Waals surface area contributed by atoms with Crippen LogP contribution in [0.15, 0.2) is 89.6 Å². The Labute approximate surface area is 202 Å². The summed E-state index contributed by atoms with van der Waals surface area (Å²) in [5.41, 5.74) is 3.69. The molecule has 1 aliphatic rings. The number of benzene rings is 2. The second-order valence-electron chi connectivity index (χ2n) is 9.42. The third kappa shape index (κ3) is 6.28. The van der Waals surface area contributed by atoms with E-state index in [1.165, 1.54) is 24.5 Å². The summed E-state index contributed by atoms with van der Waals surface area (Å²) in [5, 5.41) is 21.5. The number of phenols is 2. The van der Waals surface area contributed by atoms with Crippen LogP contribution in [-0.2, 0) is 4.74 Å². The van der Waals surface area contributed by atoms with Gasteiger partial charge in [-0.25, -0.2) is 4.79 Å². The van der Waals surface area contributed by atoms with Crippen molar-refractivity contribution in [1.82, 2.24) is 0 Å². The van der Waals surface area contributed by atoms with Crippen LogP contribution in [0, 0.1) is 5.41 Å². The van der Waals surface area contributed by atoms with Gasteiger partial charge in [-0.15, -0.1) is 0 Å². The number of carbonyl (C=O) groups excluding carboxylic acids is 1. The minimum Gasteiger partial charge on any atom is -0.507 e. The maximum Gasteiger partial charge on any atom is 0.342 e. The van der Waals surface area contributed by atoms with Gasteiger partial charge in [0.1, 0.15) is 23.7 Å². The fourth-order valence-corrected chi connectivity index (χ4v) is 4.04. The van der Waals surface area contributed by atoms with E-state index in [4.69, 9.17) is 4.74 Å². The predicted molar refractivity (Wildman–Crippen MR) is 139 cm³/mol. The molecule has 3 rings (SSSR count). The highest BCUT2D eigenvalue weighted by molar-refractivity contribution is 6.03. The topological polar surface area (TPSA) is 66.8 Å². The maximum absolute atomic E-state index is 12.4. The van der Waals surface area contributed by atoms with Crippen molar-refractivity contribution in [3.8, 4) is 11.5 Å². The van der Waals surface area contributed by atoms with Gasteiger partial charge >= 0.3 is 5.97 Å². The van der Waals surface area contributed by atoms with Crippen LogP contribution in [0.4, 0.5) is 0 Å². The summed E-state index contributed by atoms with van der Waals surface area (Å²) < 4.78 is 5.28. The SMILES string of the molecule is CC(/C=C/C1=CCCCC1(C)C)=C\C=C\C(C)=C\COC(=O)c1cc(O)c2ccccc2c1O. The van der Waals surface area contributed by atoms with E-state index in [9.17, 15) is 15.0 Å². The largest absolute Gasteiger partial charge is 0.507 e. The van der Waals surface area contributed by atoms with Crippen LogP contribution >= 0.6 is 0 Å². The molecule has 0 spiro atoms. The summed E-state index contributed by atoms with van der Waals surface area (Å²) in [6.45, 7) is 8.66. The standard InChI is InChI=1S/C30H34O4/c1-21(15-16-23-12-7-8-18-30(23,3)4)10-9-11-22(2)17-19-34-29(33)26-20-27(31)24-13-5-6-14-25(24)28(26)32/h5-6,9-17,20,31-32H,7-8,18-19H2,1-4H3/b11-9+,16-15+,21-10+,22-17+. The third-order valence-corrected chi connectivity index (χ3v) is 6.23. The van der Waals surface area contributed by atoms with Crippen LogP contribution in [0.2, 0.25) is 0 Å². The molecule has 2 aromatic carbocycles. The number of aromatic hydroxyl groups is 2. The first-order valence-electron chi connectivity index (χ1n) is 11.7. The van der Waals surface area contributed by atoms with Gasteiger partial charge in [-0.1, -0.05) is 85.7 Å². The lowest BCUT2D eigenvalue weighted by molar-refractivity contribution is 0.0545. The lowest BCUT2D eigenvalue weighted by Crippen LogP contribution is -2.16. The van der Waals surface area contributed by atoms with Gasteiger partial charge in [-0.05, 0) is 56.2 Å². The third-order valence-electron chi connectivity index (χ3n) is 6.23. The van der Waals surface area contributed by atoms with E-state index in [0.29, 0.717) is 10.8 Å². The molecule has 1 aliphatic carbocycles. The molecular weight excluding hydrogens is 424 g/mol. The summed E-state index contributed by atoms with van der Waals surface area (Å²) in [6, 6.07) is 8.05. The van der Waals surface area contributed by atoms with Crippen molar-refractivity contribution >= 4 is 16.7 Å². The fourth-order valence-electron chi connectivity index (χ4n) is 4.04. The molecule has 0 radical (unpaired) electrons. The molecule has 0 aromatic heterocycles. The number of hydrogen-bond acceptors (Lipinski definition) is 4. The second-order valence-corrected chi connectivity index (χ2v) is 9.42. The van der Waals surface area contributed by atoms with Gasteiger partial charge < -0.3 is 14.9 Å². The molecule has 34 heavy (non-hydrogen) atoms. The fraction of sp³-hybridized carbons (Fsp3) is 0.300. The molecule has 4 nitrogen and oxygen atoms in total. The number of allylic oxidation sites excluding steroid dienone is 9. The Kier molecular flexibility index (Phi) is 8.17. The molecule has 0 heterocycles. The Balaban J connectivity index is 1.57. The monoisotopic (exact) mass is 458 g/mol. The molecular formula is C30H34O4. The van der Waals surface area contributed by atoms with Gasteiger partial charge in [0.25, 0.3) is 0 Å². The number of phenolic OH excluding ortho intramolecular Hbond substituents is 2. The highest BCUT2D eigenvalue weighted by atomic mass is 16.5. The zero-order chi connectivity index (χ0) is 24.7. The molecule has 0 amide bonds.